The number of hydrogen-bond donors (Lipinski definition) is 1. The maximum absolute atomic E-state index is 11.5. The van der Waals surface area contributed by atoms with Gasteiger partial charge in [-0.1, -0.05) is 0 Å². The minimum absolute atomic E-state index is 0.0325. The molecule has 10 heteroatoms. The summed E-state index contributed by atoms with van der Waals surface area (Å²) >= 11 is 0. The first-order valence-electron chi connectivity index (χ1n) is 3.96. The van der Waals surface area contributed by atoms with Crippen molar-refractivity contribution >= 4 is 22.3 Å². The van der Waals surface area contributed by atoms with E-state index in [1.165, 1.54) is 6.26 Å². The molecule has 0 radical (unpaired) electrons. The highest BCUT2D eigenvalue weighted by Crippen LogP contribution is 2.04. The molecule has 0 bridgehead atoms. The van der Waals surface area contributed by atoms with E-state index in [1.807, 2.05) is 0 Å². The molecular formula is C6H5N5O4S. The van der Waals surface area contributed by atoms with Crippen LogP contribution in [0.25, 0.3) is 5.78 Å². The molecule has 16 heavy (non-hydrogen) atoms. The maximum Gasteiger partial charge on any atom is 0.354 e. The lowest BCUT2D eigenvalue weighted by molar-refractivity contribution is -0.386. The van der Waals surface area contributed by atoms with E-state index in [-0.39, 0.29) is 10.9 Å². The minimum Gasteiger partial charge on any atom is -0.264 e. The zero-order valence-electron chi connectivity index (χ0n) is 7.91. The summed E-state index contributed by atoms with van der Waals surface area (Å²) < 4.78 is 11.9. The lowest BCUT2D eigenvalue weighted by atomic mass is 10.5. The van der Waals surface area contributed by atoms with Gasteiger partial charge in [-0.05, 0) is 0 Å². The van der Waals surface area contributed by atoms with Gasteiger partial charge in [0.25, 0.3) is 5.78 Å². The van der Waals surface area contributed by atoms with Crippen molar-refractivity contribution in [3.63, 3.8) is 0 Å². The highest BCUT2D eigenvalue weighted by Gasteiger charge is 2.17. The quantitative estimate of drug-likeness (QED) is 0.536. The van der Waals surface area contributed by atoms with Crippen molar-refractivity contribution in [2.75, 3.05) is 6.26 Å². The zero-order valence-corrected chi connectivity index (χ0v) is 8.72. The molecule has 2 rings (SSSR count). The van der Waals surface area contributed by atoms with E-state index in [0.717, 1.165) is 10.7 Å². The second-order valence-electron chi connectivity index (χ2n) is 2.82. The van der Waals surface area contributed by atoms with Crippen LogP contribution in [0.15, 0.2) is 16.1 Å². The molecule has 2 heterocycles. The van der Waals surface area contributed by atoms with Crippen LogP contribution in [0.3, 0.4) is 0 Å². The van der Waals surface area contributed by atoms with Crippen LogP contribution in [-0.4, -0.2) is 35.0 Å². The zero-order chi connectivity index (χ0) is 11.9. The van der Waals surface area contributed by atoms with Crippen LogP contribution in [0.1, 0.15) is 0 Å². The van der Waals surface area contributed by atoms with E-state index in [1.54, 1.807) is 0 Å². The van der Waals surface area contributed by atoms with Gasteiger partial charge >= 0.3 is 11.2 Å². The number of fused-ring (bicyclic) bond motifs is 1. The summed E-state index contributed by atoms with van der Waals surface area (Å²) in [6.45, 7) is 0. The number of nitro groups is 1. The van der Waals surface area contributed by atoms with E-state index < -0.39 is 27.0 Å². The lowest BCUT2D eigenvalue weighted by Crippen LogP contribution is -2.18. The first kappa shape index (κ1) is 10.4. The minimum atomic E-state index is -1.42. The van der Waals surface area contributed by atoms with Crippen LogP contribution in [0.2, 0.25) is 0 Å². The van der Waals surface area contributed by atoms with Gasteiger partial charge in [0.15, 0.2) is 0 Å². The fourth-order valence-corrected chi connectivity index (χ4v) is 1.51. The van der Waals surface area contributed by atoms with Crippen LogP contribution in [0.4, 0.5) is 5.69 Å². The van der Waals surface area contributed by atoms with E-state index >= 15 is 0 Å². The Hall–Kier alpha value is -2.10. The summed E-state index contributed by atoms with van der Waals surface area (Å²) in [4.78, 5) is 28.5. The Morgan fingerprint density at radius 1 is 1.62 bits per heavy atom. The van der Waals surface area contributed by atoms with E-state index in [9.17, 15) is 19.1 Å². The van der Waals surface area contributed by atoms with Crippen molar-refractivity contribution in [2.45, 2.75) is 5.16 Å². The summed E-state index contributed by atoms with van der Waals surface area (Å²) in [6.07, 6.45) is 2.18. The smallest absolute Gasteiger partial charge is 0.264 e. The summed E-state index contributed by atoms with van der Waals surface area (Å²) in [6, 6.07) is 0. The Morgan fingerprint density at radius 3 is 2.88 bits per heavy atom. The molecule has 1 unspecified atom stereocenters. The van der Waals surface area contributed by atoms with Gasteiger partial charge in [-0.15, -0.1) is 0 Å². The van der Waals surface area contributed by atoms with Gasteiger partial charge in [0.05, 0.1) is 15.7 Å². The van der Waals surface area contributed by atoms with E-state index in [0.29, 0.717) is 0 Å². The molecule has 2 aromatic heterocycles. The normalized spacial score (nSPS) is 12.8. The molecule has 1 atom stereocenters. The largest absolute Gasteiger partial charge is 0.354 e. The average Bonchev–Trinajstić information content (AvgIpc) is 2.62. The van der Waals surface area contributed by atoms with Gasteiger partial charge in [0, 0.05) is 6.26 Å². The van der Waals surface area contributed by atoms with Crippen LogP contribution < -0.4 is 5.56 Å². The second-order valence-corrected chi connectivity index (χ2v) is 4.12. The van der Waals surface area contributed by atoms with Crippen LogP contribution in [0, 0.1) is 10.1 Å². The van der Waals surface area contributed by atoms with Crippen molar-refractivity contribution in [1.29, 1.82) is 0 Å². The predicted octanol–water partition coefficient (Wildman–Crippen LogP) is -0.937. The number of nitrogens with one attached hydrogen (secondary N) is 1. The third-order valence-corrected chi connectivity index (χ3v) is 2.53. The second kappa shape index (κ2) is 3.48. The van der Waals surface area contributed by atoms with Gasteiger partial charge in [-0.2, -0.15) is 9.50 Å². The molecule has 0 aliphatic rings. The van der Waals surface area contributed by atoms with E-state index in [2.05, 4.69) is 15.1 Å². The molecule has 2 aromatic rings. The molecule has 0 aliphatic carbocycles. The Morgan fingerprint density at radius 2 is 2.31 bits per heavy atom. The Balaban J connectivity index is 2.80. The number of aromatic nitrogens is 4. The number of hydrogen-bond acceptors (Lipinski definition) is 6. The van der Waals surface area contributed by atoms with Gasteiger partial charge in [-0.25, -0.2) is 4.98 Å². The topological polar surface area (TPSA) is 123 Å². The van der Waals surface area contributed by atoms with Crippen molar-refractivity contribution in [3.8, 4) is 0 Å². The molecule has 0 spiro atoms. The molecule has 0 saturated carbocycles. The standard InChI is InChI=1S/C6H5N5O4S/c1-16(15)6-8-5-7-2-3(11(13)14)4(12)10(5)9-6/h2H,1H3,(H,7,8,9). The van der Waals surface area contributed by atoms with Gasteiger partial charge in [0.2, 0.25) is 5.16 Å². The summed E-state index contributed by atoms with van der Waals surface area (Å²) in [5.74, 6) is -0.0548. The van der Waals surface area contributed by atoms with Crippen LogP contribution in [0.5, 0.6) is 0 Å². The number of H-pyrrole nitrogens is 1. The maximum atomic E-state index is 11.5. The summed E-state index contributed by atoms with van der Waals surface area (Å²) in [5.41, 5.74) is -1.56. The van der Waals surface area contributed by atoms with Crippen LogP contribution in [-0.2, 0) is 10.8 Å². The number of rotatable bonds is 2. The van der Waals surface area contributed by atoms with Gasteiger partial charge in [-0.3, -0.25) is 24.2 Å². The molecule has 1 N–H and O–H groups in total. The van der Waals surface area contributed by atoms with Crippen LogP contribution >= 0.6 is 0 Å². The van der Waals surface area contributed by atoms with E-state index in [4.69, 9.17) is 0 Å². The molecule has 0 fully saturated rings. The van der Waals surface area contributed by atoms with Gasteiger partial charge in [0.1, 0.15) is 6.20 Å². The fraction of sp³-hybridized carbons (Fsp3) is 0.167. The van der Waals surface area contributed by atoms with Crippen molar-refractivity contribution in [1.82, 2.24) is 19.6 Å². The molecule has 9 nitrogen and oxygen atoms in total. The number of aromatic amines is 1. The summed E-state index contributed by atoms with van der Waals surface area (Å²) in [7, 11) is -1.42. The lowest BCUT2D eigenvalue weighted by Gasteiger charge is -1.90. The monoisotopic (exact) mass is 243 g/mol. The SMILES string of the molecule is CS(=O)c1nc2ncc([N+](=O)[O-])c(=O)n2[nH]1. The third-order valence-electron chi connectivity index (χ3n) is 1.80. The van der Waals surface area contributed by atoms with Crippen molar-refractivity contribution in [2.24, 2.45) is 0 Å². The Kier molecular flexibility index (Phi) is 2.27. The number of nitrogens with zero attached hydrogens (tertiary/aromatic N) is 4. The molecular weight excluding hydrogens is 238 g/mol. The first-order valence-corrected chi connectivity index (χ1v) is 5.52. The summed E-state index contributed by atoms with van der Waals surface area (Å²) in [5, 5.41) is 12.9. The van der Waals surface area contributed by atoms with Gasteiger partial charge < -0.3 is 0 Å². The van der Waals surface area contributed by atoms with Crippen molar-refractivity contribution < 1.29 is 9.13 Å². The Bertz CT molecular complexity index is 658. The highest BCUT2D eigenvalue weighted by atomic mass is 32.2. The third kappa shape index (κ3) is 1.48. The first-order chi connectivity index (χ1) is 7.50. The fourth-order valence-electron chi connectivity index (χ4n) is 1.08. The Labute approximate surface area is 89.7 Å². The van der Waals surface area contributed by atoms with Crippen molar-refractivity contribution in [3.05, 3.63) is 26.7 Å². The predicted molar refractivity (Wildman–Crippen MR) is 52.6 cm³/mol. The molecule has 84 valence electrons. The molecule has 0 amide bonds. The average molecular weight is 243 g/mol. The molecule has 0 aliphatic heterocycles. The molecule has 0 saturated heterocycles. The highest BCUT2D eigenvalue weighted by molar-refractivity contribution is 7.84. The molecule has 0 aromatic carbocycles.